The van der Waals surface area contributed by atoms with Crippen LogP contribution >= 0.6 is 11.6 Å². The van der Waals surface area contributed by atoms with E-state index < -0.39 is 5.82 Å². The third-order valence-corrected chi connectivity index (χ3v) is 3.27. The van der Waals surface area contributed by atoms with Crippen LogP contribution in [0.3, 0.4) is 0 Å². The molecule has 0 saturated heterocycles. The van der Waals surface area contributed by atoms with Gasteiger partial charge >= 0.3 is 11.0 Å². The highest BCUT2D eigenvalue weighted by Crippen LogP contribution is 2.22. The summed E-state index contributed by atoms with van der Waals surface area (Å²) < 4.78 is 19.1. The van der Waals surface area contributed by atoms with Crippen molar-refractivity contribution in [3.05, 3.63) is 70.3 Å². The molecule has 0 radical (unpaired) electrons. The molecule has 0 amide bonds. The molecule has 0 atom stereocenters. The average molecular weight is 305 g/mol. The Morgan fingerprint density at radius 3 is 2.71 bits per heavy atom. The molecule has 0 N–H and O–H groups in total. The van der Waals surface area contributed by atoms with Gasteiger partial charge in [-0.2, -0.15) is 0 Å². The maximum atomic E-state index is 13.2. The van der Waals surface area contributed by atoms with E-state index in [-0.39, 0.29) is 23.2 Å². The van der Waals surface area contributed by atoms with E-state index in [9.17, 15) is 9.60 Å². The molecule has 2 aromatic carbocycles. The van der Waals surface area contributed by atoms with Gasteiger partial charge in [-0.3, -0.25) is 0 Å². The third-order valence-electron chi connectivity index (χ3n) is 2.95. The van der Waals surface area contributed by atoms with Crippen molar-refractivity contribution < 1.29 is 13.9 Å². The topological polar surface area (TPSA) is 49.1 Å². The van der Waals surface area contributed by atoms with Gasteiger partial charge in [0.05, 0.1) is 0 Å². The normalized spacial score (nSPS) is 10.8. The minimum Gasteiger partial charge on any atom is -0.617 e. The number of ether oxygens (including phenoxy) is 1. The van der Waals surface area contributed by atoms with Crippen LogP contribution in [0.2, 0.25) is 5.15 Å². The molecule has 0 aliphatic heterocycles. The van der Waals surface area contributed by atoms with Crippen LogP contribution in [0.1, 0.15) is 5.56 Å². The van der Waals surface area contributed by atoms with Gasteiger partial charge in [-0.25, -0.2) is 9.37 Å². The van der Waals surface area contributed by atoms with Crippen LogP contribution < -0.4 is 9.47 Å². The van der Waals surface area contributed by atoms with E-state index in [0.29, 0.717) is 10.2 Å². The van der Waals surface area contributed by atoms with Gasteiger partial charge < -0.3 is 9.94 Å². The zero-order valence-electron chi connectivity index (χ0n) is 10.8. The van der Waals surface area contributed by atoms with Crippen LogP contribution in [0.25, 0.3) is 11.0 Å². The first-order valence-corrected chi connectivity index (χ1v) is 6.58. The first kappa shape index (κ1) is 13.6. The monoisotopic (exact) mass is 304 g/mol. The molecule has 21 heavy (non-hydrogen) atoms. The summed E-state index contributed by atoms with van der Waals surface area (Å²) in [5.74, 6) is -0.502. The Balaban J connectivity index is 1.95. The molecule has 0 spiro atoms. The lowest BCUT2D eigenvalue weighted by Gasteiger charge is -2.09. The fourth-order valence-electron chi connectivity index (χ4n) is 1.92. The van der Waals surface area contributed by atoms with Crippen molar-refractivity contribution in [2.45, 2.75) is 6.61 Å². The molecular formula is C15H10ClFN2O2. The zero-order chi connectivity index (χ0) is 14.8. The lowest BCUT2D eigenvalue weighted by molar-refractivity contribution is -0.575. The molecule has 0 fully saturated rings. The number of benzene rings is 2. The number of aromatic nitrogens is 2. The maximum Gasteiger partial charge on any atom is 0.350 e. The van der Waals surface area contributed by atoms with Gasteiger partial charge in [0.15, 0.2) is 0 Å². The largest absolute Gasteiger partial charge is 0.617 e. The van der Waals surface area contributed by atoms with E-state index in [0.717, 1.165) is 11.6 Å². The van der Waals surface area contributed by atoms with E-state index in [1.807, 2.05) is 30.3 Å². The molecule has 106 valence electrons. The van der Waals surface area contributed by atoms with Gasteiger partial charge in [0.1, 0.15) is 17.9 Å². The molecule has 1 heterocycles. The molecule has 0 saturated carbocycles. The van der Waals surface area contributed by atoms with Gasteiger partial charge in [-0.15, -0.1) is 4.73 Å². The molecule has 6 heteroatoms. The van der Waals surface area contributed by atoms with Crippen LogP contribution in [0.4, 0.5) is 4.39 Å². The van der Waals surface area contributed by atoms with Crippen molar-refractivity contribution in [1.82, 2.24) is 4.98 Å². The summed E-state index contributed by atoms with van der Waals surface area (Å²) in [7, 11) is 0. The zero-order valence-corrected chi connectivity index (χ0v) is 11.5. The Kier molecular flexibility index (Phi) is 3.58. The van der Waals surface area contributed by atoms with Crippen LogP contribution in [0.15, 0.2) is 48.5 Å². The average Bonchev–Trinajstić information content (AvgIpc) is 2.51. The Bertz CT molecular complexity index is 797. The summed E-state index contributed by atoms with van der Waals surface area (Å²) in [6.45, 7) is 0.236. The summed E-state index contributed by atoms with van der Waals surface area (Å²) in [5.41, 5.74) is 1.30. The molecule has 3 aromatic rings. The Morgan fingerprint density at radius 1 is 1.19 bits per heavy atom. The summed E-state index contributed by atoms with van der Waals surface area (Å²) in [4.78, 5) is 4.15. The smallest absolute Gasteiger partial charge is 0.350 e. The van der Waals surface area contributed by atoms with Crippen molar-refractivity contribution in [1.29, 1.82) is 0 Å². The van der Waals surface area contributed by atoms with E-state index in [1.165, 1.54) is 12.1 Å². The maximum absolute atomic E-state index is 13.2. The Hall–Kier alpha value is -2.40. The molecule has 0 bridgehead atoms. The predicted octanol–water partition coefficient (Wildman–Crippen LogP) is 3.24. The quantitative estimate of drug-likeness (QED) is 0.551. The van der Waals surface area contributed by atoms with Crippen molar-refractivity contribution in [3.63, 3.8) is 0 Å². The Labute approximate surface area is 125 Å². The number of hydrogen-bond acceptors (Lipinski definition) is 3. The Morgan fingerprint density at radius 2 is 1.95 bits per heavy atom. The van der Waals surface area contributed by atoms with Gasteiger partial charge in [-0.05, 0) is 29.3 Å². The fourth-order valence-corrected chi connectivity index (χ4v) is 2.11. The van der Waals surface area contributed by atoms with Crippen molar-refractivity contribution in [2.75, 3.05) is 0 Å². The standard InChI is InChI=1S/C15H10ClFN2O2/c16-14-15(21-9-10-4-2-1-3-5-10)18-12-7-6-11(17)8-13(12)19(14)20/h1-8H,9H2. The van der Waals surface area contributed by atoms with Gasteiger partial charge in [0.25, 0.3) is 0 Å². The van der Waals surface area contributed by atoms with Crippen LogP contribution in [0, 0.1) is 11.0 Å². The van der Waals surface area contributed by atoms with Gasteiger partial charge in [-0.1, -0.05) is 30.3 Å². The van der Waals surface area contributed by atoms with E-state index in [1.54, 1.807) is 0 Å². The van der Waals surface area contributed by atoms with Crippen molar-refractivity contribution >= 4 is 22.6 Å². The number of fused-ring (bicyclic) bond motifs is 1. The van der Waals surface area contributed by atoms with E-state index in [2.05, 4.69) is 4.98 Å². The van der Waals surface area contributed by atoms with Gasteiger partial charge in [0, 0.05) is 6.07 Å². The molecular weight excluding hydrogens is 295 g/mol. The van der Waals surface area contributed by atoms with Crippen LogP contribution in [0.5, 0.6) is 5.88 Å². The highest BCUT2D eigenvalue weighted by atomic mass is 35.5. The predicted molar refractivity (Wildman–Crippen MR) is 76.4 cm³/mol. The van der Waals surface area contributed by atoms with E-state index in [4.69, 9.17) is 16.3 Å². The second-order valence-corrected chi connectivity index (χ2v) is 4.77. The first-order chi connectivity index (χ1) is 10.1. The molecule has 1 aromatic heterocycles. The van der Waals surface area contributed by atoms with Crippen molar-refractivity contribution in [3.8, 4) is 5.88 Å². The van der Waals surface area contributed by atoms with Crippen LogP contribution in [-0.4, -0.2) is 4.98 Å². The fraction of sp³-hybridized carbons (Fsp3) is 0.0667. The number of hydrogen-bond donors (Lipinski definition) is 0. The second kappa shape index (κ2) is 5.54. The minimum absolute atomic E-state index is 0.0228. The summed E-state index contributed by atoms with van der Waals surface area (Å²) in [6, 6.07) is 13.1. The highest BCUT2D eigenvalue weighted by Gasteiger charge is 2.19. The molecule has 0 aliphatic carbocycles. The summed E-state index contributed by atoms with van der Waals surface area (Å²) in [5, 5.41) is 11.8. The summed E-state index contributed by atoms with van der Waals surface area (Å²) in [6.07, 6.45) is 0. The SMILES string of the molecule is [O-][n+]1c(Cl)c(OCc2ccccc2)nc2ccc(F)cc21. The molecule has 0 aliphatic rings. The summed E-state index contributed by atoms with van der Waals surface area (Å²) >= 11 is 5.93. The number of rotatable bonds is 3. The van der Waals surface area contributed by atoms with Gasteiger partial charge in [0.2, 0.25) is 5.52 Å². The second-order valence-electron chi connectivity index (χ2n) is 4.41. The molecule has 3 rings (SSSR count). The number of nitrogens with zero attached hydrogens (tertiary/aromatic N) is 2. The van der Waals surface area contributed by atoms with Crippen LogP contribution in [-0.2, 0) is 6.61 Å². The first-order valence-electron chi connectivity index (χ1n) is 6.20. The molecule has 4 nitrogen and oxygen atoms in total. The molecule has 0 unspecified atom stereocenters. The van der Waals surface area contributed by atoms with E-state index >= 15 is 0 Å². The van der Waals surface area contributed by atoms with Crippen molar-refractivity contribution in [2.24, 2.45) is 0 Å². The minimum atomic E-state index is -0.525. The third kappa shape index (κ3) is 2.73. The lowest BCUT2D eigenvalue weighted by Crippen LogP contribution is -2.30. The highest BCUT2D eigenvalue weighted by molar-refractivity contribution is 6.29. The lowest BCUT2D eigenvalue weighted by atomic mass is 10.2. The number of halogens is 2.